The predicted octanol–water partition coefficient (Wildman–Crippen LogP) is 3.42. The molecular formula is C17H19ClN2O3. The van der Waals surface area contributed by atoms with Gasteiger partial charge in [0.15, 0.2) is 0 Å². The summed E-state index contributed by atoms with van der Waals surface area (Å²) in [5, 5.41) is 17.8. The van der Waals surface area contributed by atoms with Crippen LogP contribution < -0.4 is 5.32 Å². The first kappa shape index (κ1) is 16.0. The molecular weight excluding hydrogens is 316 g/mol. The zero-order chi connectivity index (χ0) is 16.3. The highest BCUT2D eigenvalue weighted by Gasteiger charge is 2.30. The van der Waals surface area contributed by atoms with E-state index in [0.29, 0.717) is 16.3 Å². The Labute approximate surface area is 139 Å². The maximum Gasteiger partial charge on any atom is 0.256 e. The van der Waals surface area contributed by atoms with Gasteiger partial charge in [0.2, 0.25) is 0 Å². The molecule has 122 valence electrons. The van der Waals surface area contributed by atoms with E-state index in [1.165, 1.54) is 6.26 Å². The Hall–Kier alpha value is -1.85. The predicted molar refractivity (Wildman–Crippen MR) is 87.3 cm³/mol. The number of nitrogens with zero attached hydrogens (tertiary/aromatic N) is 1. The van der Waals surface area contributed by atoms with Crippen LogP contribution in [-0.2, 0) is 0 Å². The Kier molecular flexibility index (Phi) is 4.68. The minimum atomic E-state index is -0.800. The summed E-state index contributed by atoms with van der Waals surface area (Å²) in [6.07, 6.45) is 5.90. The average molecular weight is 335 g/mol. The molecule has 1 amide bonds. The largest absolute Gasteiger partial charge is 0.388 e. The molecule has 0 bridgehead atoms. The van der Waals surface area contributed by atoms with Crippen LogP contribution in [0.4, 0.5) is 0 Å². The summed E-state index contributed by atoms with van der Waals surface area (Å²) in [5.74, 6) is -0.296. The van der Waals surface area contributed by atoms with Gasteiger partial charge in [0, 0.05) is 17.1 Å². The number of aliphatic hydroxyl groups is 1. The van der Waals surface area contributed by atoms with E-state index < -0.39 is 5.60 Å². The van der Waals surface area contributed by atoms with Gasteiger partial charge in [0.05, 0.1) is 5.60 Å². The standard InChI is InChI=1S/C17H19ClN2O3/c18-13-6-4-12(5-7-13)15-14(10-23-20-15)16(21)19-11-17(22)8-2-1-3-9-17/h4-7,10,22H,1-3,8-9,11H2,(H,19,21). The van der Waals surface area contributed by atoms with Gasteiger partial charge in [-0.15, -0.1) is 0 Å². The highest BCUT2D eigenvalue weighted by atomic mass is 35.5. The van der Waals surface area contributed by atoms with Gasteiger partial charge >= 0.3 is 0 Å². The number of rotatable bonds is 4. The Bertz CT molecular complexity index is 675. The lowest BCUT2D eigenvalue weighted by atomic mass is 9.85. The van der Waals surface area contributed by atoms with Gasteiger partial charge in [0.1, 0.15) is 17.5 Å². The summed E-state index contributed by atoms with van der Waals surface area (Å²) >= 11 is 5.88. The minimum Gasteiger partial charge on any atom is -0.388 e. The van der Waals surface area contributed by atoms with Gasteiger partial charge in [-0.3, -0.25) is 4.79 Å². The molecule has 6 heteroatoms. The first-order valence-electron chi connectivity index (χ1n) is 7.78. The molecule has 0 saturated heterocycles. The third-order valence-electron chi connectivity index (χ3n) is 4.29. The van der Waals surface area contributed by atoms with Crippen LogP contribution >= 0.6 is 11.6 Å². The first-order valence-corrected chi connectivity index (χ1v) is 8.16. The van der Waals surface area contributed by atoms with Gasteiger partial charge in [-0.2, -0.15) is 0 Å². The zero-order valence-corrected chi connectivity index (χ0v) is 13.5. The van der Waals surface area contributed by atoms with Crippen molar-refractivity contribution in [1.29, 1.82) is 0 Å². The molecule has 2 aromatic rings. The van der Waals surface area contributed by atoms with E-state index in [0.717, 1.165) is 37.7 Å². The van der Waals surface area contributed by atoms with Crippen molar-refractivity contribution in [2.75, 3.05) is 6.54 Å². The average Bonchev–Trinajstić information content (AvgIpc) is 3.04. The molecule has 0 radical (unpaired) electrons. The van der Waals surface area contributed by atoms with E-state index in [1.54, 1.807) is 24.3 Å². The molecule has 5 nitrogen and oxygen atoms in total. The van der Waals surface area contributed by atoms with Crippen LogP contribution in [0.1, 0.15) is 42.5 Å². The molecule has 1 aromatic heterocycles. The maximum absolute atomic E-state index is 12.4. The second-order valence-corrected chi connectivity index (χ2v) is 6.49. The monoisotopic (exact) mass is 334 g/mol. The molecule has 0 spiro atoms. The molecule has 2 N–H and O–H groups in total. The van der Waals surface area contributed by atoms with E-state index >= 15 is 0 Å². The quantitative estimate of drug-likeness (QED) is 0.898. The third kappa shape index (κ3) is 3.74. The maximum atomic E-state index is 12.4. The van der Waals surface area contributed by atoms with Crippen molar-refractivity contribution in [2.24, 2.45) is 0 Å². The smallest absolute Gasteiger partial charge is 0.256 e. The van der Waals surface area contributed by atoms with Gasteiger partial charge in [-0.1, -0.05) is 48.2 Å². The first-order chi connectivity index (χ1) is 11.1. The van der Waals surface area contributed by atoms with E-state index in [4.69, 9.17) is 16.1 Å². The Morgan fingerprint density at radius 1 is 1.26 bits per heavy atom. The van der Waals surface area contributed by atoms with Crippen molar-refractivity contribution < 1.29 is 14.4 Å². The number of benzene rings is 1. The summed E-state index contributed by atoms with van der Waals surface area (Å²) < 4.78 is 4.96. The second kappa shape index (κ2) is 6.72. The number of carbonyl (C=O) groups excluding carboxylic acids is 1. The van der Waals surface area contributed by atoms with Crippen LogP contribution in [0, 0.1) is 0 Å². The zero-order valence-electron chi connectivity index (χ0n) is 12.7. The number of carbonyl (C=O) groups is 1. The number of hydrogen-bond acceptors (Lipinski definition) is 4. The molecule has 1 aliphatic rings. The van der Waals surface area contributed by atoms with Gasteiger partial charge in [-0.05, 0) is 25.0 Å². The summed E-state index contributed by atoms with van der Waals surface area (Å²) in [4.78, 5) is 12.4. The number of amides is 1. The van der Waals surface area contributed by atoms with Crippen molar-refractivity contribution in [1.82, 2.24) is 10.5 Å². The van der Waals surface area contributed by atoms with Crippen LogP contribution in [0.15, 0.2) is 35.1 Å². The lowest BCUT2D eigenvalue weighted by molar-refractivity contribution is 0.00525. The van der Waals surface area contributed by atoms with Gasteiger partial charge < -0.3 is 14.9 Å². The Morgan fingerprint density at radius 2 is 1.96 bits per heavy atom. The van der Waals surface area contributed by atoms with Crippen LogP contribution in [0.25, 0.3) is 11.3 Å². The molecule has 1 fully saturated rings. The molecule has 1 aliphatic carbocycles. The fraction of sp³-hybridized carbons (Fsp3) is 0.412. The van der Waals surface area contributed by atoms with Gasteiger partial charge in [0.25, 0.3) is 5.91 Å². The van der Waals surface area contributed by atoms with E-state index in [1.807, 2.05) is 0 Å². The van der Waals surface area contributed by atoms with Crippen molar-refractivity contribution in [3.63, 3.8) is 0 Å². The molecule has 1 heterocycles. The highest BCUT2D eigenvalue weighted by Crippen LogP contribution is 2.28. The van der Waals surface area contributed by atoms with Crippen molar-refractivity contribution in [2.45, 2.75) is 37.7 Å². The second-order valence-electron chi connectivity index (χ2n) is 6.05. The van der Waals surface area contributed by atoms with E-state index in [9.17, 15) is 9.90 Å². The summed E-state index contributed by atoms with van der Waals surface area (Å²) in [7, 11) is 0. The summed E-state index contributed by atoms with van der Waals surface area (Å²) in [5.41, 5.74) is 0.775. The van der Waals surface area contributed by atoms with E-state index in [-0.39, 0.29) is 12.5 Å². The Morgan fingerprint density at radius 3 is 2.65 bits per heavy atom. The molecule has 0 aliphatic heterocycles. The Balaban J connectivity index is 1.71. The normalized spacial score (nSPS) is 17.0. The molecule has 1 aromatic carbocycles. The summed E-state index contributed by atoms with van der Waals surface area (Å²) in [6.45, 7) is 0.247. The van der Waals surface area contributed by atoms with Crippen LogP contribution in [0.3, 0.4) is 0 Å². The SMILES string of the molecule is O=C(NCC1(O)CCCCC1)c1conc1-c1ccc(Cl)cc1. The molecule has 0 unspecified atom stereocenters. The van der Waals surface area contributed by atoms with Crippen molar-refractivity contribution in [3.05, 3.63) is 41.1 Å². The fourth-order valence-electron chi connectivity index (χ4n) is 2.94. The van der Waals surface area contributed by atoms with Gasteiger partial charge in [-0.25, -0.2) is 0 Å². The van der Waals surface area contributed by atoms with Crippen molar-refractivity contribution in [3.8, 4) is 11.3 Å². The highest BCUT2D eigenvalue weighted by molar-refractivity contribution is 6.30. The number of halogens is 1. The lowest BCUT2D eigenvalue weighted by Crippen LogP contribution is -2.44. The summed E-state index contributed by atoms with van der Waals surface area (Å²) in [6, 6.07) is 7.03. The van der Waals surface area contributed by atoms with Crippen LogP contribution in [-0.4, -0.2) is 28.3 Å². The van der Waals surface area contributed by atoms with Crippen LogP contribution in [0.2, 0.25) is 5.02 Å². The molecule has 23 heavy (non-hydrogen) atoms. The van der Waals surface area contributed by atoms with Crippen molar-refractivity contribution >= 4 is 17.5 Å². The fourth-order valence-corrected chi connectivity index (χ4v) is 3.07. The molecule has 1 saturated carbocycles. The number of nitrogens with one attached hydrogen (secondary N) is 1. The number of aromatic nitrogens is 1. The van der Waals surface area contributed by atoms with E-state index in [2.05, 4.69) is 10.5 Å². The third-order valence-corrected chi connectivity index (χ3v) is 4.55. The minimum absolute atomic E-state index is 0.247. The molecule has 0 atom stereocenters. The lowest BCUT2D eigenvalue weighted by Gasteiger charge is -2.32. The number of hydrogen-bond donors (Lipinski definition) is 2. The van der Waals surface area contributed by atoms with Crippen LogP contribution in [0.5, 0.6) is 0 Å². The molecule has 3 rings (SSSR count). The topological polar surface area (TPSA) is 75.4 Å².